The number of rotatable bonds is 0. The van der Waals surface area contributed by atoms with Crippen LogP contribution in [0.5, 0.6) is 0 Å². The lowest BCUT2D eigenvalue weighted by Gasteiger charge is -2.14. The van der Waals surface area contributed by atoms with E-state index in [1.807, 2.05) is 6.07 Å². The number of benzene rings is 1. The molecule has 1 aliphatic heterocycles. The van der Waals surface area contributed by atoms with E-state index in [1.54, 1.807) is 0 Å². The molecule has 2 rings (SSSR count). The first kappa shape index (κ1) is 6.71. The summed E-state index contributed by atoms with van der Waals surface area (Å²) in [6, 6.07) is 8.37. The van der Waals surface area contributed by atoms with Crippen LogP contribution in [-0.2, 0) is 6.42 Å². The van der Waals surface area contributed by atoms with Crippen LogP contribution in [-0.4, -0.2) is 5.54 Å². The molecule has 0 N–H and O–H groups in total. The molecule has 0 amide bonds. The predicted molar refractivity (Wildman–Crippen MR) is 46.0 cm³/mol. The van der Waals surface area contributed by atoms with E-state index in [9.17, 15) is 0 Å². The van der Waals surface area contributed by atoms with Crippen molar-refractivity contribution in [3.63, 3.8) is 0 Å². The summed E-state index contributed by atoms with van der Waals surface area (Å²) in [7, 11) is 0. The maximum absolute atomic E-state index is 4.58. The third kappa shape index (κ3) is 1.11. The summed E-state index contributed by atoms with van der Waals surface area (Å²) < 4.78 is 0. The van der Waals surface area contributed by atoms with Gasteiger partial charge in [0, 0.05) is 0 Å². The zero-order valence-electron chi connectivity index (χ0n) is 6.96. The second kappa shape index (κ2) is 2.00. The summed E-state index contributed by atoms with van der Waals surface area (Å²) in [5.74, 6) is 0. The van der Waals surface area contributed by atoms with Crippen molar-refractivity contribution in [1.29, 1.82) is 0 Å². The Labute approximate surface area is 67.4 Å². The van der Waals surface area contributed by atoms with E-state index < -0.39 is 0 Å². The van der Waals surface area contributed by atoms with Crippen LogP contribution >= 0.6 is 0 Å². The lowest BCUT2D eigenvalue weighted by molar-refractivity contribution is 0.472. The van der Waals surface area contributed by atoms with Gasteiger partial charge in [0.1, 0.15) is 0 Å². The number of hydrogen-bond acceptors (Lipinski definition) is 0. The highest BCUT2D eigenvalue weighted by Gasteiger charge is 2.28. The monoisotopic (exact) mass is 146 g/mol. The van der Waals surface area contributed by atoms with Crippen LogP contribution in [0.25, 0.3) is 0 Å². The van der Waals surface area contributed by atoms with Crippen molar-refractivity contribution in [2.24, 2.45) is 0 Å². The molecule has 1 nitrogen and oxygen atoms in total. The molecule has 1 heteroatoms. The minimum absolute atomic E-state index is 0.129. The standard InChI is InChI=1S/C10H12N/c1-10(2)7-8-5-3-4-6-9(8)11-10/h3-6H,7H2,1-2H3. The minimum Gasteiger partial charge on any atom is -0.279 e. The van der Waals surface area contributed by atoms with Gasteiger partial charge in [0.2, 0.25) is 0 Å². The molecular weight excluding hydrogens is 134 g/mol. The van der Waals surface area contributed by atoms with Crippen molar-refractivity contribution < 1.29 is 0 Å². The van der Waals surface area contributed by atoms with Gasteiger partial charge in [-0.1, -0.05) is 18.2 Å². The van der Waals surface area contributed by atoms with Crippen molar-refractivity contribution >= 4 is 5.69 Å². The largest absolute Gasteiger partial charge is 0.279 e. The molecule has 0 saturated carbocycles. The van der Waals surface area contributed by atoms with E-state index >= 15 is 0 Å². The molecule has 1 aromatic rings. The van der Waals surface area contributed by atoms with Crippen molar-refractivity contribution in [3.05, 3.63) is 29.8 Å². The fourth-order valence-electron chi connectivity index (χ4n) is 1.60. The zero-order chi connectivity index (χ0) is 7.90. The number of para-hydroxylation sites is 1. The van der Waals surface area contributed by atoms with Gasteiger partial charge in [-0.3, -0.25) is 5.32 Å². The summed E-state index contributed by atoms with van der Waals surface area (Å²) in [4.78, 5) is 0. The molecule has 0 atom stereocenters. The van der Waals surface area contributed by atoms with E-state index in [-0.39, 0.29) is 5.54 Å². The Bertz CT molecular complexity index is 249. The van der Waals surface area contributed by atoms with E-state index in [1.165, 1.54) is 11.3 Å². The summed E-state index contributed by atoms with van der Waals surface area (Å²) >= 11 is 0. The number of hydrogen-bond donors (Lipinski definition) is 0. The van der Waals surface area contributed by atoms with Crippen molar-refractivity contribution in [3.8, 4) is 0 Å². The molecule has 0 aliphatic carbocycles. The van der Waals surface area contributed by atoms with Gasteiger partial charge in [-0.25, -0.2) is 0 Å². The predicted octanol–water partition coefficient (Wildman–Crippen LogP) is 2.26. The molecule has 0 unspecified atom stereocenters. The van der Waals surface area contributed by atoms with Crippen molar-refractivity contribution in [2.75, 3.05) is 0 Å². The molecule has 0 fully saturated rings. The Morgan fingerprint density at radius 1 is 1.27 bits per heavy atom. The van der Waals surface area contributed by atoms with E-state index in [2.05, 4.69) is 37.4 Å². The Morgan fingerprint density at radius 3 is 2.73 bits per heavy atom. The lowest BCUT2D eigenvalue weighted by atomic mass is 10.0. The van der Waals surface area contributed by atoms with Crippen LogP contribution in [0, 0.1) is 0 Å². The van der Waals surface area contributed by atoms with Crippen LogP contribution in [0.1, 0.15) is 19.4 Å². The summed E-state index contributed by atoms with van der Waals surface area (Å²) in [5, 5.41) is 4.58. The fraction of sp³-hybridized carbons (Fsp3) is 0.400. The average Bonchev–Trinajstić information content (AvgIpc) is 2.21. The summed E-state index contributed by atoms with van der Waals surface area (Å²) in [6.45, 7) is 4.35. The highest BCUT2D eigenvalue weighted by molar-refractivity contribution is 5.50. The SMILES string of the molecule is CC1(C)Cc2ccccc2[N]1. The molecule has 0 aromatic heterocycles. The van der Waals surface area contributed by atoms with Gasteiger partial charge in [0.25, 0.3) is 0 Å². The van der Waals surface area contributed by atoms with E-state index in [0.29, 0.717) is 0 Å². The van der Waals surface area contributed by atoms with Crippen LogP contribution in [0.4, 0.5) is 5.69 Å². The highest BCUT2D eigenvalue weighted by atomic mass is 15.0. The molecule has 1 radical (unpaired) electrons. The Balaban J connectivity index is 2.41. The number of fused-ring (bicyclic) bond motifs is 1. The van der Waals surface area contributed by atoms with Gasteiger partial charge >= 0.3 is 0 Å². The summed E-state index contributed by atoms with van der Waals surface area (Å²) in [6.07, 6.45) is 1.09. The first-order valence-electron chi connectivity index (χ1n) is 3.98. The van der Waals surface area contributed by atoms with Crippen molar-refractivity contribution in [2.45, 2.75) is 25.8 Å². The lowest BCUT2D eigenvalue weighted by Crippen LogP contribution is -2.26. The fourth-order valence-corrected chi connectivity index (χ4v) is 1.60. The molecule has 1 aliphatic rings. The quantitative estimate of drug-likeness (QED) is 0.533. The molecule has 57 valence electrons. The first-order valence-corrected chi connectivity index (χ1v) is 3.98. The van der Waals surface area contributed by atoms with Crippen LogP contribution in [0.2, 0.25) is 0 Å². The third-order valence-corrected chi connectivity index (χ3v) is 2.04. The van der Waals surface area contributed by atoms with Gasteiger partial charge in [-0.15, -0.1) is 0 Å². The Hall–Kier alpha value is -0.980. The smallest absolute Gasteiger partial charge is 0.0613 e. The highest BCUT2D eigenvalue weighted by Crippen LogP contribution is 2.31. The van der Waals surface area contributed by atoms with Gasteiger partial charge in [-0.2, -0.15) is 0 Å². The Morgan fingerprint density at radius 2 is 2.00 bits per heavy atom. The van der Waals surface area contributed by atoms with Gasteiger partial charge in [0.05, 0.1) is 11.2 Å². The summed E-state index contributed by atoms with van der Waals surface area (Å²) in [5.41, 5.74) is 2.69. The molecule has 0 bridgehead atoms. The molecule has 0 saturated heterocycles. The maximum Gasteiger partial charge on any atom is 0.0613 e. The van der Waals surface area contributed by atoms with Crippen LogP contribution in [0.3, 0.4) is 0 Å². The van der Waals surface area contributed by atoms with E-state index in [0.717, 1.165) is 6.42 Å². The molecular formula is C10H12N. The molecule has 1 heterocycles. The van der Waals surface area contributed by atoms with Crippen LogP contribution < -0.4 is 5.32 Å². The molecule has 0 spiro atoms. The molecule has 11 heavy (non-hydrogen) atoms. The second-order valence-corrected chi connectivity index (χ2v) is 3.73. The topological polar surface area (TPSA) is 14.1 Å². The normalized spacial score (nSPS) is 19.1. The van der Waals surface area contributed by atoms with Crippen molar-refractivity contribution in [1.82, 2.24) is 5.32 Å². The van der Waals surface area contributed by atoms with E-state index in [4.69, 9.17) is 0 Å². The zero-order valence-corrected chi connectivity index (χ0v) is 6.96. The Kier molecular flexibility index (Phi) is 1.22. The minimum atomic E-state index is 0.129. The van der Waals surface area contributed by atoms with Gasteiger partial charge in [0.15, 0.2) is 0 Å². The maximum atomic E-state index is 4.58. The second-order valence-electron chi connectivity index (χ2n) is 3.73. The number of nitrogens with zero attached hydrogens (tertiary/aromatic N) is 1. The molecule has 1 aromatic carbocycles. The van der Waals surface area contributed by atoms with Crippen LogP contribution in [0.15, 0.2) is 24.3 Å². The first-order chi connectivity index (χ1) is 5.17. The van der Waals surface area contributed by atoms with Gasteiger partial charge in [-0.05, 0) is 31.9 Å². The van der Waals surface area contributed by atoms with Gasteiger partial charge < -0.3 is 0 Å². The average molecular weight is 146 g/mol. The third-order valence-electron chi connectivity index (χ3n) is 2.04.